The second kappa shape index (κ2) is 6.10. The minimum absolute atomic E-state index is 0.700. The molecular weight excluding hydrogens is 256 g/mol. The van der Waals surface area contributed by atoms with Crippen LogP contribution in [0.15, 0.2) is 30.3 Å². The predicted molar refractivity (Wildman–Crippen MR) is 87.4 cm³/mol. The fourth-order valence-corrected chi connectivity index (χ4v) is 4.42. The number of piperazine rings is 1. The van der Waals surface area contributed by atoms with Crippen molar-refractivity contribution in [3.05, 3.63) is 35.9 Å². The molecule has 3 aliphatic rings. The third-order valence-corrected chi connectivity index (χ3v) is 5.79. The highest BCUT2D eigenvalue weighted by atomic mass is 15.3. The maximum absolute atomic E-state index is 3.86. The van der Waals surface area contributed by atoms with Crippen LogP contribution in [-0.2, 0) is 6.42 Å². The van der Waals surface area contributed by atoms with Gasteiger partial charge in [-0.1, -0.05) is 43.2 Å². The quantitative estimate of drug-likeness (QED) is 0.913. The molecule has 2 heteroatoms. The maximum atomic E-state index is 3.86. The summed E-state index contributed by atoms with van der Waals surface area (Å²) in [5.41, 5.74) is 1.50. The van der Waals surface area contributed by atoms with Crippen LogP contribution < -0.4 is 5.32 Å². The van der Waals surface area contributed by atoms with Gasteiger partial charge < -0.3 is 5.32 Å². The van der Waals surface area contributed by atoms with Gasteiger partial charge in [-0.25, -0.2) is 0 Å². The lowest BCUT2D eigenvalue weighted by Crippen LogP contribution is -2.60. The van der Waals surface area contributed by atoms with E-state index >= 15 is 0 Å². The molecule has 1 aromatic rings. The Labute approximate surface area is 128 Å². The Bertz CT molecular complexity index is 448. The smallest absolute Gasteiger partial charge is 0.0264 e. The summed E-state index contributed by atoms with van der Waals surface area (Å²) >= 11 is 0. The zero-order valence-electron chi connectivity index (χ0n) is 13.0. The molecule has 2 atom stereocenters. The lowest BCUT2D eigenvalue weighted by Gasteiger charge is -2.44. The van der Waals surface area contributed by atoms with Crippen molar-refractivity contribution in [2.45, 2.75) is 63.1 Å². The minimum Gasteiger partial charge on any atom is -0.311 e. The monoisotopic (exact) mass is 284 g/mol. The molecular formula is C19H28N2. The van der Waals surface area contributed by atoms with E-state index in [1.807, 2.05) is 0 Å². The first-order valence-corrected chi connectivity index (χ1v) is 8.93. The van der Waals surface area contributed by atoms with Crippen molar-refractivity contribution < 1.29 is 0 Å². The van der Waals surface area contributed by atoms with Crippen LogP contribution in [0.2, 0.25) is 0 Å². The van der Waals surface area contributed by atoms with Gasteiger partial charge in [0.15, 0.2) is 0 Å². The summed E-state index contributed by atoms with van der Waals surface area (Å²) in [5.74, 6) is 0.978. The Morgan fingerprint density at radius 2 is 1.76 bits per heavy atom. The lowest BCUT2D eigenvalue weighted by atomic mass is 9.97. The van der Waals surface area contributed by atoms with Crippen LogP contribution in [0.25, 0.3) is 0 Å². The van der Waals surface area contributed by atoms with Gasteiger partial charge in [0.25, 0.3) is 0 Å². The molecule has 2 saturated carbocycles. The molecule has 21 heavy (non-hydrogen) atoms. The molecule has 0 amide bonds. The van der Waals surface area contributed by atoms with E-state index in [1.54, 1.807) is 0 Å². The largest absolute Gasteiger partial charge is 0.311 e. The molecule has 2 nitrogen and oxygen atoms in total. The first-order valence-electron chi connectivity index (χ1n) is 8.93. The SMILES string of the molecule is c1ccc(CC2CNC(C3CC3)CN2C2CCCC2)cc1. The first-order chi connectivity index (χ1) is 10.4. The average molecular weight is 284 g/mol. The molecule has 0 aromatic heterocycles. The van der Waals surface area contributed by atoms with Crippen LogP contribution in [0.4, 0.5) is 0 Å². The van der Waals surface area contributed by atoms with Gasteiger partial charge in [-0.2, -0.15) is 0 Å². The lowest BCUT2D eigenvalue weighted by molar-refractivity contribution is 0.0776. The highest BCUT2D eigenvalue weighted by molar-refractivity contribution is 5.16. The van der Waals surface area contributed by atoms with E-state index in [1.165, 1.54) is 63.6 Å². The van der Waals surface area contributed by atoms with E-state index in [-0.39, 0.29) is 0 Å². The number of benzene rings is 1. The molecule has 1 aliphatic heterocycles. The number of nitrogens with one attached hydrogen (secondary N) is 1. The first kappa shape index (κ1) is 13.8. The van der Waals surface area contributed by atoms with Crippen molar-refractivity contribution in [1.82, 2.24) is 10.2 Å². The molecule has 0 radical (unpaired) electrons. The highest BCUT2D eigenvalue weighted by Crippen LogP contribution is 2.36. The number of hydrogen-bond acceptors (Lipinski definition) is 2. The normalized spacial score (nSPS) is 31.6. The van der Waals surface area contributed by atoms with Crippen LogP contribution in [-0.4, -0.2) is 36.1 Å². The molecule has 0 spiro atoms. The van der Waals surface area contributed by atoms with Gasteiger partial charge in [0, 0.05) is 31.2 Å². The Morgan fingerprint density at radius 1 is 1.00 bits per heavy atom. The van der Waals surface area contributed by atoms with Gasteiger partial charge in [0.2, 0.25) is 0 Å². The van der Waals surface area contributed by atoms with Crippen molar-refractivity contribution in [3.8, 4) is 0 Å². The van der Waals surface area contributed by atoms with E-state index < -0.39 is 0 Å². The molecule has 1 aromatic carbocycles. The van der Waals surface area contributed by atoms with Gasteiger partial charge in [-0.3, -0.25) is 4.90 Å². The predicted octanol–water partition coefficient (Wildman–Crippen LogP) is 3.22. The summed E-state index contributed by atoms with van der Waals surface area (Å²) in [5, 5.41) is 3.86. The highest BCUT2D eigenvalue weighted by Gasteiger charge is 2.39. The summed E-state index contributed by atoms with van der Waals surface area (Å²) < 4.78 is 0. The molecule has 1 N–H and O–H groups in total. The molecule has 1 heterocycles. The van der Waals surface area contributed by atoms with E-state index in [9.17, 15) is 0 Å². The van der Waals surface area contributed by atoms with Crippen molar-refractivity contribution in [2.75, 3.05) is 13.1 Å². The van der Waals surface area contributed by atoms with Gasteiger partial charge in [0.1, 0.15) is 0 Å². The van der Waals surface area contributed by atoms with E-state index in [0.717, 1.165) is 18.0 Å². The average Bonchev–Trinajstić information content (AvgIpc) is 3.23. The van der Waals surface area contributed by atoms with Gasteiger partial charge in [-0.05, 0) is 43.6 Å². The van der Waals surface area contributed by atoms with Gasteiger partial charge in [0.05, 0.1) is 0 Å². The van der Waals surface area contributed by atoms with Crippen molar-refractivity contribution in [1.29, 1.82) is 0 Å². The van der Waals surface area contributed by atoms with Gasteiger partial charge in [-0.15, -0.1) is 0 Å². The topological polar surface area (TPSA) is 15.3 Å². The van der Waals surface area contributed by atoms with Gasteiger partial charge >= 0.3 is 0 Å². The van der Waals surface area contributed by atoms with E-state index in [2.05, 4.69) is 40.5 Å². The fraction of sp³-hybridized carbons (Fsp3) is 0.684. The molecule has 1 saturated heterocycles. The van der Waals surface area contributed by atoms with Crippen LogP contribution in [0.1, 0.15) is 44.1 Å². The second-order valence-electron chi connectivity index (χ2n) is 7.33. The zero-order valence-corrected chi connectivity index (χ0v) is 13.0. The summed E-state index contributed by atoms with van der Waals surface area (Å²) in [6, 6.07) is 13.4. The van der Waals surface area contributed by atoms with Crippen molar-refractivity contribution >= 4 is 0 Å². The van der Waals surface area contributed by atoms with Crippen LogP contribution >= 0.6 is 0 Å². The third kappa shape index (κ3) is 3.17. The summed E-state index contributed by atoms with van der Waals surface area (Å²) in [6.07, 6.45) is 9.88. The van der Waals surface area contributed by atoms with Crippen LogP contribution in [0, 0.1) is 5.92 Å². The number of nitrogens with zero attached hydrogens (tertiary/aromatic N) is 1. The Kier molecular flexibility index (Phi) is 4.00. The molecule has 114 valence electrons. The molecule has 2 aliphatic carbocycles. The Hall–Kier alpha value is -0.860. The van der Waals surface area contributed by atoms with Crippen LogP contribution in [0.3, 0.4) is 0 Å². The molecule has 4 rings (SSSR count). The zero-order chi connectivity index (χ0) is 14.1. The Morgan fingerprint density at radius 3 is 2.48 bits per heavy atom. The number of hydrogen-bond donors (Lipinski definition) is 1. The summed E-state index contributed by atoms with van der Waals surface area (Å²) in [7, 11) is 0. The van der Waals surface area contributed by atoms with Crippen LogP contribution in [0.5, 0.6) is 0 Å². The minimum atomic E-state index is 0.700. The third-order valence-electron chi connectivity index (χ3n) is 5.79. The van der Waals surface area contributed by atoms with E-state index in [4.69, 9.17) is 0 Å². The van der Waals surface area contributed by atoms with E-state index in [0.29, 0.717) is 6.04 Å². The van der Waals surface area contributed by atoms with Crippen molar-refractivity contribution in [3.63, 3.8) is 0 Å². The standard InChI is InChI=1S/C19H28N2/c1-2-6-15(7-3-1)12-18-13-20-19(16-10-11-16)14-21(18)17-8-4-5-9-17/h1-3,6-7,16-20H,4-5,8-14H2. The summed E-state index contributed by atoms with van der Waals surface area (Å²) in [6.45, 7) is 2.49. The number of rotatable bonds is 4. The maximum Gasteiger partial charge on any atom is 0.0264 e. The van der Waals surface area contributed by atoms with Crippen molar-refractivity contribution in [2.24, 2.45) is 5.92 Å². The molecule has 2 unspecified atom stereocenters. The molecule has 0 bridgehead atoms. The second-order valence-corrected chi connectivity index (χ2v) is 7.33. The Balaban J connectivity index is 1.47. The molecule has 3 fully saturated rings. The fourth-order valence-electron chi connectivity index (χ4n) is 4.42. The summed E-state index contributed by atoms with van der Waals surface area (Å²) in [4.78, 5) is 2.89.